The molecule has 176 valence electrons. The number of carbonyl (C=O) groups excluding carboxylic acids is 1. The molecule has 2 heterocycles. The van der Waals surface area contributed by atoms with Crippen molar-refractivity contribution >= 4 is 27.3 Å². The first-order valence-electron chi connectivity index (χ1n) is 11.1. The average Bonchev–Trinajstić information content (AvgIpc) is 3.11. The van der Waals surface area contributed by atoms with Crippen molar-refractivity contribution in [1.29, 1.82) is 0 Å². The molecular formula is C25H25N3O5S. The molecule has 1 aromatic heterocycles. The van der Waals surface area contributed by atoms with Crippen LogP contribution in [-0.4, -0.2) is 26.4 Å². The van der Waals surface area contributed by atoms with Crippen molar-refractivity contribution in [2.24, 2.45) is 0 Å². The highest BCUT2D eigenvalue weighted by Gasteiger charge is 2.52. The van der Waals surface area contributed by atoms with Crippen molar-refractivity contribution in [2.45, 2.75) is 42.6 Å². The van der Waals surface area contributed by atoms with Gasteiger partial charge in [-0.05, 0) is 55.7 Å². The predicted molar refractivity (Wildman–Crippen MR) is 128 cm³/mol. The third kappa shape index (κ3) is 3.66. The van der Waals surface area contributed by atoms with Crippen molar-refractivity contribution in [2.75, 3.05) is 17.1 Å². The topological polar surface area (TPSA) is 107 Å². The van der Waals surface area contributed by atoms with Crippen LogP contribution in [-0.2, 0) is 20.2 Å². The molecule has 9 heteroatoms. The van der Waals surface area contributed by atoms with Crippen molar-refractivity contribution in [3.63, 3.8) is 0 Å². The normalized spacial score (nSPS) is 16.8. The second kappa shape index (κ2) is 8.32. The quantitative estimate of drug-likeness (QED) is 0.520. The Morgan fingerprint density at radius 1 is 1.09 bits per heavy atom. The van der Waals surface area contributed by atoms with Gasteiger partial charge in [-0.2, -0.15) is 0 Å². The van der Waals surface area contributed by atoms with Crippen molar-refractivity contribution in [3.05, 3.63) is 72.1 Å². The summed E-state index contributed by atoms with van der Waals surface area (Å²) in [6, 6.07) is 15.3. The minimum Gasteiger partial charge on any atom is -0.495 e. The summed E-state index contributed by atoms with van der Waals surface area (Å²) in [6.45, 7) is 1.86. The SMILES string of the molecule is COc1ccccc1S(=O)(=O)Nc1cc(OC(C)c2ccccn2)c2c(c1)C1(CCC1)C(=O)N2. The Hall–Kier alpha value is -3.59. The predicted octanol–water partition coefficient (Wildman–Crippen LogP) is 4.40. The van der Waals surface area contributed by atoms with Crippen LogP contribution in [0.3, 0.4) is 0 Å². The fourth-order valence-corrected chi connectivity index (χ4v) is 5.79. The van der Waals surface area contributed by atoms with Gasteiger partial charge in [0.25, 0.3) is 10.0 Å². The van der Waals surface area contributed by atoms with Crippen LogP contribution in [0.2, 0.25) is 0 Å². The number of aromatic nitrogens is 1. The minimum absolute atomic E-state index is 0.0230. The van der Waals surface area contributed by atoms with Crippen LogP contribution >= 0.6 is 0 Å². The first-order chi connectivity index (χ1) is 16.3. The van der Waals surface area contributed by atoms with Gasteiger partial charge in [-0.1, -0.05) is 24.6 Å². The van der Waals surface area contributed by atoms with Crippen LogP contribution in [0.25, 0.3) is 0 Å². The Morgan fingerprint density at radius 2 is 1.85 bits per heavy atom. The number of benzene rings is 2. The fourth-order valence-electron chi connectivity index (χ4n) is 4.57. The van der Waals surface area contributed by atoms with E-state index in [-0.39, 0.29) is 16.6 Å². The lowest BCUT2D eigenvalue weighted by molar-refractivity contribution is -0.123. The van der Waals surface area contributed by atoms with Gasteiger partial charge in [0.2, 0.25) is 5.91 Å². The van der Waals surface area contributed by atoms with E-state index < -0.39 is 21.5 Å². The van der Waals surface area contributed by atoms with E-state index in [1.165, 1.54) is 13.2 Å². The summed E-state index contributed by atoms with van der Waals surface area (Å²) in [5, 5.41) is 2.97. The number of anilines is 2. The molecule has 1 saturated carbocycles. The minimum atomic E-state index is -3.96. The van der Waals surface area contributed by atoms with Crippen LogP contribution in [0.15, 0.2) is 65.7 Å². The van der Waals surface area contributed by atoms with Crippen LogP contribution < -0.4 is 19.5 Å². The fraction of sp³-hybridized carbons (Fsp3) is 0.280. The van der Waals surface area contributed by atoms with Gasteiger partial charge in [-0.15, -0.1) is 0 Å². The Balaban J connectivity index is 1.56. The molecule has 2 aromatic carbocycles. The van der Waals surface area contributed by atoms with E-state index >= 15 is 0 Å². The summed E-state index contributed by atoms with van der Waals surface area (Å²) in [5.74, 6) is 0.558. The molecule has 1 fully saturated rings. The lowest BCUT2D eigenvalue weighted by atomic mass is 9.65. The highest BCUT2D eigenvalue weighted by Crippen LogP contribution is 2.55. The smallest absolute Gasteiger partial charge is 0.265 e. The van der Waals surface area contributed by atoms with Crippen molar-refractivity contribution in [1.82, 2.24) is 4.98 Å². The van der Waals surface area contributed by atoms with E-state index in [4.69, 9.17) is 9.47 Å². The van der Waals surface area contributed by atoms with Gasteiger partial charge in [0.1, 0.15) is 22.5 Å². The molecule has 3 aromatic rings. The summed E-state index contributed by atoms with van der Waals surface area (Å²) in [4.78, 5) is 17.3. The van der Waals surface area contributed by atoms with Crippen LogP contribution in [0.5, 0.6) is 11.5 Å². The van der Waals surface area contributed by atoms with Gasteiger partial charge >= 0.3 is 0 Å². The number of fused-ring (bicyclic) bond motifs is 2. The maximum absolute atomic E-state index is 13.2. The number of nitrogens with zero attached hydrogens (tertiary/aromatic N) is 1. The zero-order valence-electron chi connectivity index (χ0n) is 18.9. The summed E-state index contributed by atoms with van der Waals surface area (Å²) < 4.78 is 40.6. The second-order valence-electron chi connectivity index (χ2n) is 8.56. The zero-order valence-corrected chi connectivity index (χ0v) is 19.7. The summed E-state index contributed by atoms with van der Waals surface area (Å²) in [7, 11) is -2.54. The highest BCUT2D eigenvalue weighted by atomic mass is 32.2. The summed E-state index contributed by atoms with van der Waals surface area (Å²) in [5.41, 5.74) is 1.74. The van der Waals surface area contributed by atoms with Gasteiger partial charge in [-0.3, -0.25) is 14.5 Å². The van der Waals surface area contributed by atoms with Crippen molar-refractivity contribution in [3.8, 4) is 11.5 Å². The number of para-hydroxylation sites is 1. The maximum atomic E-state index is 13.2. The molecule has 0 radical (unpaired) electrons. The molecule has 1 aliphatic carbocycles. The van der Waals surface area contributed by atoms with Crippen LogP contribution in [0, 0.1) is 0 Å². The van der Waals surface area contributed by atoms with E-state index in [0.29, 0.717) is 30.0 Å². The molecule has 0 saturated heterocycles. The van der Waals surface area contributed by atoms with Crippen LogP contribution in [0.4, 0.5) is 11.4 Å². The Morgan fingerprint density at radius 3 is 2.53 bits per heavy atom. The molecule has 0 bridgehead atoms. The second-order valence-corrected chi connectivity index (χ2v) is 10.2. The first kappa shape index (κ1) is 22.2. The standard InChI is InChI=1S/C25H25N3O5S/c1-16(19-8-5-6-13-26-19)33-21-15-17(14-18-23(21)27-24(29)25(18)11-7-12-25)28-34(30,31)22-10-4-3-9-20(22)32-2/h3-6,8-10,13-16,28H,7,11-12H2,1-2H3,(H,27,29). The van der Waals surface area contributed by atoms with Gasteiger partial charge in [0.15, 0.2) is 0 Å². The van der Waals surface area contributed by atoms with E-state index in [2.05, 4.69) is 15.0 Å². The molecule has 1 atom stereocenters. The largest absolute Gasteiger partial charge is 0.495 e. The molecular weight excluding hydrogens is 454 g/mol. The third-order valence-electron chi connectivity index (χ3n) is 6.52. The molecule has 5 rings (SSSR count). The summed E-state index contributed by atoms with van der Waals surface area (Å²) in [6.07, 6.45) is 3.63. The van der Waals surface area contributed by atoms with Crippen molar-refractivity contribution < 1.29 is 22.7 Å². The molecule has 1 spiro atoms. The number of methoxy groups -OCH3 is 1. The lowest BCUT2D eigenvalue weighted by Gasteiger charge is -2.36. The zero-order chi connectivity index (χ0) is 23.9. The molecule has 34 heavy (non-hydrogen) atoms. The highest BCUT2D eigenvalue weighted by molar-refractivity contribution is 7.92. The Bertz CT molecular complexity index is 1350. The van der Waals surface area contributed by atoms with Crippen LogP contribution in [0.1, 0.15) is 43.5 Å². The number of sulfonamides is 1. The van der Waals surface area contributed by atoms with E-state index in [1.54, 1.807) is 36.5 Å². The number of carbonyl (C=O) groups is 1. The number of nitrogens with one attached hydrogen (secondary N) is 2. The number of rotatable bonds is 7. The molecule has 8 nitrogen and oxygen atoms in total. The number of pyridine rings is 1. The van der Waals surface area contributed by atoms with Gasteiger partial charge in [-0.25, -0.2) is 8.42 Å². The van der Waals surface area contributed by atoms with Gasteiger partial charge in [0, 0.05) is 12.3 Å². The van der Waals surface area contributed by atoms with E-state index in [9.17, 15) is 13.2 Å². The molecule has 1 amide bonds. The maximum Gasteiger partial charge on any atom is 0.265 e. The molecule has 1 unspecified atom stereocenters. The number of hydrogen-bond acceptors (Lipinski definition) is 6. The monoisotopic (exact) mass is 479 g/mol. The Labute approximate surface area is 198 Å². The summed E-state index contributed by atoms with van der Waals surface area (Å²) >= 11 is 0. The molecule has 2 aliphatic rings. The average molecular weight is 480 g/mol. The lowest BCUT2D eigenvalue weighted by Crippen LogP contribution is -2.40. The van der Waals surface area contributed by atoms with E-state index in [0.717, 1.165) is 17.7 Å². The molecule has 2 N–H and O–H groups in total. The van der Waals surface area contributed by atoms with Gasteiger partial charge in [0.05, 0.1) is 29.6 Å². The number of ether oxygens (including phenoxy) is 2. The molecule has 1 aliphatic heterocycles. The Kier molecular flexibility index (Phi) is 5.44. The van der Waals surface area contributed by atoms with E-state index in [1.807, 2.05) is 25.1 Å². The third-order valence-corrected chi connectivity index (χ3v) is 7.94. The number of hydrogen-bond donors (Lipinski definition) is 2. The van der Waals surface area contributed by atoms with Gasteiger partial charge < -0.3 is 14.8 Å². The first-order valence-corrected chi connectivity index (χ1v) is 12.6. The number of amides is 1.